The topological polar surface area (TPSA) is 103 Å². The Morgan fingerprint density at radius 1 is 1.18 bits per heavy atom. The number of hydrogen-bond acceptors (Lipinski definition) is 7. The number of thioether (sulfide) groups is 1. The van der Waals surface area contributed by atoms with Crippen LogP contribution >= 0.6 is 23.1 Å². The van der Waals surface area contributed by atoms with Crippen molar-refractivity contribution >= 4 is 66.6 Å². The van der Waals surface area contributed by atoms with Gasteiger partial charge in [0.05, 0.1) is 23.4 Å². The van der Waals surface area contributed by atoms with Crippen molar-refractivity contribution in [2.24, 2.45) is 4.99 Å². The third kappa shape index (κ3) is 4.09. The molecule has 0 spiro atoms. The van der Waals surface area contributed by atoms with Crippen molar-refractivity contribution in [3.63, 3.8) is 0 Å². The maximum Gasteiger partial charge on any atom is 0.273 e. The van der Waals surface area contributed by atoms with Gasteiger partial charge in [-0.3, -0.25) is 23.8 Å². The first-order valence-corrected chi connectivity index (χ1v) is 13.7. The van der Waals surface area contributed by atoms with Gasteiger partial charge in [0, 0.05) is 37.1 Å². The predicted molar refractivity (Wildman–Crippen MR) is 132 cm³/mol. The second-order valence-electron chi connectivity index (χ2n) is 7.94. The molecule has 3 aromatic rings. The van der Waals surface area contributed by atoms with Crippen LogP contribution in [0.1, 0.15) is 25.0 Å². The molecule has 11 heteroatoms. The molecule has 0 bridgehead atoms. The standard InChI is InChI=1S/C22H22N4O4S3/c1-25(33(29,30)20-6-3-11-31-20)17-5-2-4-14-12-16(24-21(14)17)22-23-13-15(32-22)9-10-26-18(27)7-8-19(26)28/h2-6,11-12,15,24H,7-10,13H2,1H3. The molecule has 2 aromatic heterocycles. The number of rotatable bonds is 7. The van der Waals surface area contributed by atoms with Crippen molar-refractivity contribution < 1.29 is 18.0 Å². The number of carbonyl (C=O) groups is 2. The van der Waals surface area contributed by atoms with Crippen LogP contribution in [0.15, 0.2) is 51.0 Å². The first kappa shape index (κ1) is 22.2. The molecule has 2 amide bonds. The van der Waals surface area contributed by atoms with Crippen LogP contribution in [0, 0.1) is 0 Å². The fourth-order valence-electron chi connectivity index (χ4n) is 4.05. The normalized spacial score (nSPS) is 19.0. The molecule has 1 atom stereocenters. The number of nitrogens with zero attached hydrogens (tertiary/aromatic N) is 3. The van der Waals surface area contributed by atoms with E-state index in [2.05, 4.69) is 9.98 Å². The molecular weight excluding hydrogens is 480 g/mol. The third-order valence-electron chi connectivity index (χ3n) is 5.86. The summed E-state index contributed by atoms with van der Waals surface area (Å²) in [4.78, 5) is 33.0. The van der Waals surface area contributed by atoms with Crippen LogP contribution in [0.25, 0.3) is 10.9 Å². The Labute approximate surface area is 199 Å². The number of imide groups is 1. The minimum Gasteiger partial charge on any atom is -0.351 e. The van der Waals surface area contributed by atoms with Crippen molar-refractivity contribution in [2.75, 3.05) is 24.4 Å². The molecule has 1 saturated heterocycles. The van der Waals surface area contributed by atoms with E-state index in [0.717, 1.165) is 21.6 Å². The van der Waals surface area contributed by atoms with E-state index in [4.69, 9.17) is 0 Å². The Bertz CT molecular complexity index is 1350. The van der Waals surface area contributed by atoms with E-state index in [0.29, 0.717) is 42.2 Å². The van der Waals surface area contributed by atoms with Crippen LogP contribution in [-0.4, -0.2) is 60.5 Å². The van der Waals surface area contributed by atoms with Gasteiger partial charge >= 0.3 is 0 Å². The Kier molecular flexibility index (Phi) is 5.79. The molecule has 2 aliphatic rings. The number of nitrogens with one attached hydrogen (secondary N) is 1. The minimum atomic E-state index is -3.65. The fraction of sp³-hybridized carbons (Fsp3) is 0.318. The maximum absolute atomic E-state index is 13.0. The monoisotopic (exact) mass is 502 g/mol. The molecule has 1 aromatic carbocycles. The number of para-hydroxylation sites is 1. The van der Waals surface area contributed by atoms with E-state index >= 15 is 0 Å². The minimum absolute atomic E-state index is 0.0890. The highest BCUT2D eigenvalue weighted by molar-refractivity contribution is 8.15. The number of thiophene rings is 1. The lowest BCUT2D eigenvalue weighted by Crippen LogP contribution is -2.31. The highest BCUT2D eigenvalue weighted by Gasteiger charge is 2.31. The van der Waals surface area contributed by atoms with E-state index in [1.54, 1.807) is 42.4 Å². The Morgan fingerprint density at radius 2 is 1.97 bits per heavy atom. The molecule has 4 heterocycles. The van der Waals surface area contributed by atoms with Crippen molar-refractivity contribution in [1.29, 1.82) is 0 Å². The molecule has 1 N–H and O–H groups in total. The average Bonchev–Trinajstić information content (AvgIpc) is 3.59. The maximum atomic E-state index is 13.0. The summed E-state index contributed by atoms with van der Waals surface area (Å²) in [7, 11) is -2.09. The Balaban J connectivity index is 1.33. The molecular formula is C22H22N4O4S3. The Hall–Kier alpha value is -2.63. The molecule has 0 radical (unpaired) electrons. The molecule has 0 saturated carbocycles. The number of amides is 2. The largest absolute Gasteiger partial charge is 0.351 e. The molecule has 2 aliphatic heterocycles. The molecule has 1 unspecified atom stereocenters. The number of fused-ring (bicyclic) bond motifs is 1. The summed E-state index contributed by atoms with van der Waals surface area (Å²) >= 11 is 2.81. The van der Waals surface area contributed by atoms with Gasteiger partial charge in [-0.1, -0.05) is 30.0 Å². The van der Waals surface area contributed by atoms with Gasteiger partial charge in [0.25, 0.3) is 10.0 Å². The number of carbonyl (C=O) groups excluding carboxylic acids is 2. The second kappa shape index (κ2) is 8.62. The smallest absolute Gasteiger partial charge is 0.273 e. The first-order valence-electron chi connectivity index (χ1n) is 10.5. The molecule has 33 heavy (non-hydrogen) atoms. The first-order chi connectivity index (χ1) is 15.8. The number of benzene rings is 1. The van der Waals surface area contributed by atoms with Gasteiger partial charge in [0.2, 0.25) is 11.8 Å². The van der Waals surface area contributed by atoms with Crippen molar-refractivity contribution in [2.45, 2.75) is 28.7 Å². The van der Waals surface area contributed by atoms with Crippen molar-refractivity contribution in [3.05, 3.63) is 47.5 Å². The predicted octanol–water partition coefficient (Wildman–Crippen LogP) is 3.46. The molecule has 1 fully saturated rings. The van der Waals surface area contributed by atoms with Gasteiger partial charge in [-0.2, -0.15) is 0 Å². The molecule has 0 aliphatic carbocycles. The summed E-state index contributed by atoms with van der Waals surface area (Å²) in [6, 6.07) is 10.9. The number of H-pyrrole nitrogens is 1. The number of sulfonamides is 1. The van der Waals surface area contributed by atoms with Gasteiger partial charge in [-0.25, -0.2) is 8.42 Å². The van der Waals surface area contributed by atoms with Gasteiger partial charge in [0.1, 0.15) is 9.25 Å². The summed E-state index contributed by atoms with van der Waals surface area (Å²) in [5, 5.41) is 3.69. The zero-order chi connectivity index (χ0) is 23.2. The van der Waals surface area contributed by atoms with Gasteiger partial charge in [-0.05, 0) is 30.0 Å². The van der Waals surface area contributed by atoms with Crippen LogP contribution in [0.5, 0.6) is 0 Å². The van der Waals surface area contributed by atoms with Crippen LogP contribution in [0.2, 0.25) is 0 Å². The van der Waals surface area contributed by atoms with E-state index < -0.39 is 10.0 Å². The van der Waals surface area contributed by atoms with Crippen molar-refractivity contribution in [3.8, 4) is 0 Å². The van der Waals surface area contributed by atoms with Crippen LogP contribution in [-0.2, 0) is 19.6 Å². The van der Waals surface area contributed by atoms with Crippen LogP contribution in [0.3, 0.4) is 0 Å². The number of hydrogen-bond donors (Lipinski definition) is 1. The molecule has 8 nitrogen and oxygen atoms in total. The number of aliphatic imine (C=N–C) groups is 1. The van der Waals surface area contributed by atoms with E-state index in [1.807, 2.05) is 18.2 Å². The fourth-order valence-corrected chi connectivity index (χ4v) is 7.50. The number of aromatic nitrogens is 1. The van der Waals surface area contributed by atoms with E-state index in [9.17, 15) is 18.0 Å². The van der Waals surface area contributed by atoms with Gasteiger partial charge in [-0.15, -0.1) is 11.3 Å². The number of anilines is 1. The summed E-state index contributed by atoms with van der Waals surface area (Å²) in [6.45, 7) is 1.05. The lowest BCUT2D eigenvalue weighted by molar-refractivity contribution is -0.138. The zero-order valence-corrected chi connectivity index (χ0v) is 20.3. The zero-order valence-electron chi connectivity index (χ0n) is 17.9. The number of likely N-dealkylation sites (tertiary alicyclic amines) is 1. The molecule has 5 rings (SSSR count). The SMILES string of the molecule is CN(c1cccc2cc(C3=NCC(CCN4C(=O)CCC4=O)S3)[nH]c12)S(=O)(=O)c1cccs1. The van der Waals surface area contributed by atoms with Gasteiger partial charge in [0.15, 0.2) is 0 Å². The number of aromatic amines is 1. The van der Waals surface area contributed by atoms with Gasteiger partial charge < -0.3 is 4.98 Å². The Morgan fingerprint density at radius 3 is 2.70 bits per heavy atom. The molecule has 172 valence electrons. The average molecular weight is 503 g/mol. The van der Waals surface area contributed by atoms with Crippen LogP contribution in [0.4, 0.5) is 5.69 Å². The lowest BCUT2D eigenvalue weighted by Gasteiger charge is -2.19. The van der Waals surface area contributed by atoms with E-state index in [1.165, 1.54) is 20.5 Å². The summed E-state index contributed by atoms with van der Waals surface area (Å²) in [6.07, 6.45) is 1.32. The lowest BCUT2D eigenvalue weighted by atomic mass is 10.2. The van der Waals surface area contributed by atoms with E-state index in [-0.39, 0.29) is 17.1 Å². The second-order valence-corrected chi connectivity index (χ2v) is 12.4. The van der Waals surface area contributed by atoms with Crippen molar-refractivity contribution in [1.82, 2.24) is 9.88 Å². The summed E-state index contributed by atoms with van der Waals surface area (Å²) in [5.41, 5.74) is 2.13. The third-order valence-corrected chi connectivity index (χ3v) is 10.3. The highest BCUT2D eigenvalue weighted by atomic mass is 32.2. The highest BCUT2D eigenvalue weighted by Crippen LogP contribution is 2.34. The summed E-state index contributed by atoms with van der Waals surface area (Å²) in [5.74, 6) is -0.178. The van der Waals surface area contributed by atoms with Crippen LogP contribution < -0.4 is 4.31 Å². The summed E-state index contributed by atoms with van der Waals surface area (Å²) < 4.78 is 27.6. The quantitative estimate of drug-likeness (QED) is 0.499.